The third-order valence-electron chi connectivity index (χ3n) is 3.67. The summed E-state index contributed by atoms with van der Waals surface area (Å²) in [6.45, 7) is 6.03. The first-order valence-electron chi connectivity index (χ1n) is 8.09. The zero-order valence-electron chi connectivity index (χ0n) is 14.8. The average molecular weight is 368 g/mol. The summed E-state index contributed by atoms with van der Waals surface area (Å²) >= 11 is 1.61. The highest BCUT2D eigenvalue weighted by Gasteiger charge is 2.24. The first-order chi connectivity index (χ1) is 12.3. The number of nitrogens with two attached hydrogens (primary N) is 1. The zero-order chi connectivity index (χ0) is 18.7. The highest BCUT2D eigenvalue weighted by atomic mass is 32.2. The number of urea groups is 1. The quantitative estimate of drug-likeness (QED) is 0.719. The third kappa shape index (κ3) is 4.05. The van der Waals surface area contributed by atoms with Gasteiger partial charge in [-0.2, -0.15) is 0 Å². The number of benzene rings is 1. The SMILES string of the molecule is CC(C)(C)c1cc(N(C(N)=O)c2ccc(Sc3ccncc3)cc2)no1. The lowest BCUT2D eigenvalue weighted by Gasteiger charge is -2.17. The topological polar surface area (TPSA) is 85.2 Å². The van der Waals surface area contributed by atoms with E-state index in [1.807, 2.05) is 57.2 Å². The van der Waals surface area contributed by atoms with Crippen LogP contribution in [0.25, 0.3) is 0 Å². The van der Waals surface area contributed by atoms with Crippen molar-refractivity contribution in [3.05, 3.63) is 60.6 Å². The first kappa shape index (κ1) is 18.0. The van der Waals surface area contributed by atoms with Crippen LogP contribution in [0, 0.1) is 0 Å². The van der Waals surface area contributed by atoms with Crippen LogP contribution < -0.4 is 10.6 Å². The maximum Gasteiger partial charge on any atom is 0.325 e. The Bertz CT molecular complexity index is 886. The van der Waals surface area contributed by atoms with E-state index >= 15 is 0 Å². The summed E-state index contributed by atoms with van der Waals surface area (Å²) < 4.78 is 5.37. The monoisotopic (exact) mass is 368 g/mol. The Morgan fingerprint density at radius 1 is 1.08 bits per heavy atom. The zero-order valence-corrected chi connectivity index (χ0v) is 15.7. The Morgan fingerprint density at radius 3 is 2.23 bits per heavy atom. The van der Waals surface area contributed by atoms with E-state index in [-0.39, 0.29) is 5.41 Å². The molecule has 1 aromatic carbocycles. The summed E-state index contributed by atoms with van der Waals surface area (Å²) in [4.78, 5) is 19.5. The molecular formula is C19H20N4O2S. The fourth-order valence-corrected chi connectivity index (χ4v) is 3.10. The Labute approximate surface area is 156 Å². The van der Waals surface area contributed by atoms with Crippen molar-refractivity contribution in [3.8, 4) is 0 Å². The van der Waals surface area contributed by atoms with E-state index in [4.69, 9.17) is 10.3 Å². The van der Waals surface area contributed by atoms with Crippen LogP contribution in [0.3, 0.4) is 0 Å². The van der Waals surface area contributed by atoms with Crippen LogP contribution in [0.2, 0.25) is 0 Å². The van der Waals surface area contributed by atoms with Gasteiger partial charge in [-0.3, -0.25) is 4.98 Å². The Morgan fingerprint density at radius 2 is 1.69 bits per heavy atom. The number of nitrogens with zero attached hydrogens (tertiary/aromatic N) is 3. The molecule has 0 aliphatic carbocycles. The van der Waals surface area contributed by atoms with Gasteiger partial charge in [0, 0.05) is 33.7 Å². The smallest absolute Gasteiger partial charge is 0.325 e. The Kier molecular flexibility index (Phi) is 4.99. The number of carbonyl (C=O) groups is 1. The summed E-state index contributed by atoms with van der Waals surface area (Å²) in [5, 5.41) is 4.01. The van der Waals surface area contributed by atoms with Crippen LogP contribution in [0.5, 0.6) is 0 Å². The van der Waals surface area contributed by atoms with Crippen LogP contribution in [0.4, 0.5) is 16.3 Å². The van der Waals surface area contributed by atoms with Gasteiger partial charge in [0.15, 0.2) is 5.82 Å². The summed E-state index contributed by atoms with van der Waals surface area (Å²) in [6, 6.07) is 12.5. The van der Waals surface area contributed by atoms with Gasteiger partial charge < -0.3 is 10.3 Å². The lowest BCUT2D eigenvalue weighted by atomic mass is 9.93. The highest BCUT2D eigenvalue weighted by molar-refractivity contribution is 7.99. The van der Waals surface area contributed by atoms with Gasteiger partial charge in [-0.15, -0.1) is 0 Å². The number of carbonyl (C=O) groups excluding carboxylic acids is 1. The number of hydrogen-bond donors (Lipinski definition) is 1. The second-order valence-corrected chi connectivity index (χ2v) is 7.90. The molecule has 0 aliphatic heterocycles. The predicted molar refractivity (Wildman–Crippen MR) is 102 cm³/mol. The minimum atomic E-state index is -0.617. The molecule has 0 fully saturated rings. The predicted octanol–water partition coefficient (Wildman–Crippen LogP) is 4.74. The molecule has 26 heavy (non-hydrogen) atoms. The van der Waals surface area contributed by atoms with Gasteiger partial charge in [-0.1, -0.05) is 37.7 Å². The Balaban J connectivity index is 1.85. The third-order valence-corrected chi connectivity index (χ3v) is 4.68. The number of hydrogen-bond acceptors (Lipinski definition) is 5. The maximum atomic E-state index is 12.0. The van der Waals surface area contributed by atoms with Crippen molar-refractivity contribution < 1.29 is 9.32 Å². The molecule has 0 bridgehead atoms. The first-order valence-corrected chi connectivity index (χ1v) is 8.91. The molecule has 0 atom stereocenters. The largest absolute Gasteiger partial charge is 0.359 e. The van der Waals surface area contributed by atoms with E-state index in [1.54, 1.807) is 30.2 Å². The highest BCUT2D eigenvalue weighted by Crippen LogP contribution is 2.32. The van der Waals surface area contributed by atoms with Crippen molar-refractivity contribution in [2.75, 3.05) is 4.90 Å². The number of anilines is 2. The van der Waals surface area contributed by atoms with Crippen LogP contribution in [0.1, 0.15) is 26.5 Å². The molecule has 2 amide bonds. The number of primary amides is 1. The Hall–Kier alpha value is -2.80. The van der Waals surface area contributed by atoms with Gasteiger partial charge >= 0.3 is 6.03 Å². The van der Waals surface area contributed by atoms with Crippen LogP contribution in [0.15, 0.2) is 69.2 Å². The van der Waals surface area contributed by atoms with Crippen molar-refractivity contribution >= 4 is 29.3 Å². The average Bonchev–Trinajstić information content (AvgIpc) is 3.07. The minimum absolute atomic E-state index is 0.209. The molecular weight excluding hydrogens is 348 g/mol. The van der Waals surface area contributed by atoms with Crippen molar-refractivity contribution in [1.29, 1.82) is 0 Å². The molecule has 0 aliphatic rings. The number of aromatic nitrogens is 2. The van der Waals surface area contributed by atoms with Crippen LogP contribution >= 0.6 is 11.8 Å². The number of pyridine rings is 1. The lowest BCUT2D eigenvalue weighted by Crippen LogP contribution is -2.31. The minimum Gasteiger partial charge on any atom is -0.359 e. The fraction of sp³-hybridized carbons (Fsp3) is 0.211. The van der Waals surface area contributed by atoms with E-state index in [0.29, 0.717) is 17.3 Å². The summed E-state index contributed by atoms with van der Waals surface area (Å²) in [5.74, 6) is 1.06. The van der Waals surface area contributed by atoms with Crippen molar-refractivity contribution in [3.63, 3.8) is 0 Å². The summed E-state index contributed by atoms with van der Waals surface area (Å²) in [6.07, 6.45) is 3.51. The van der Waals surface area contributed by atoms with Crippen molar-refractivity contribution in [1.82, 2.24) is 10.1 Å². The molecule has 3 rings (SSSR count). The molecule has 7 heteroatoms. The molecule has 0 unspecified atom stereocenters. The van der Waals surface area contributed by atoms with Crippen molar-refractivity contribution in [2.24, 2.45) is 5.73 Å². The molecule has 0 spiro atoms. The lowest BCUT2D eigenvalue weighted by molar-refractivity contribution is 0.255. The molecule has 6 nitrogen and oxygen atoms in total. The van der Waals surface area contributed by atoms with Crippen LogP contribution in [-0.4, -0.2) is 16.2 Å². The molecule has 3 aromatic rings. The molecule has 2 aromatic heterocycles. The van der Waals surface area contributed by atoms with E-state index < -0.39 is 6.03 Å². The molecule has 0 saturated carbocycles. The maximum absolute atomic E-state index is 12.0. The second-order valence-electron chi connectivity index (χ2n) is 6.75. The van der Waals surface area contributed by atoms with Gasteiger partial charge in [0.25, 0.3) is 0 Å². The van der Waals surface area contributed by atoms with Gasteiger partial charge in [0.1, 0.15) is 5.76 Å². The normalized spacial score (nSPS) is 11.3. The van der Waals surface area contributed by atoms with Crippen molar-refractivity contribution in [2.45, 2.75) is 36.0 Å². The summed E-state index contributed by atoms with van der Waals surface area (Å²) in [5.41, 5.74) is 6.00. The standard InChI is InChI=1S/C19H20N4O2S/c1-19(2,3)16-12-17(22-25-16)23(18(20)24)13-4-6-14(7-5-13)26-15-8-10-21-11-9-15/h4-12H,1-3H3,(H2,20,24). The van der Waals surface area contributed by atoms with E-state index in [9.17, 15) is 4.79 Å². The fourth-order valence-electron chi connectivity index (χ4n) is 2.30. The molecule has 2 N–H and O–H groups in total. The number of amides is 2. The van der Waals surface area contributed by atoms with E-state index in [1.165, 1.54) is 4.90 Å². The van der Waals surface area contributed by atoms with E-state index in [2.05, 4.69) is 10.1 Å². The van der Waals surface area contributed by atoms with E-state index in [0.717, 1.165) is 9.79 Å². The molecule has 134 valence electrons. The molecule has 0 radical (unpaired) electrons. The summed E-state index contributed by atoms with van der Waals surface area (Å²) in [7, 11) is 0. The van der Waals surface area contributed by atoms with Gasteiger partial charge in [-0.05, 0) is 36.4 Å². The van der Waals surface area contributed by atoms with Gasteiger partial charge in [0.05, 0.1) is 5.69 Å². The second kappa shape index (κ2) is 7.21. The molecule has 0 saturated heterocycles. The van der Waals surface area contributed by atoms with Gasteiger partial charge in [-0.25, -0.2) is 9.69 Å². The molecule has 2 heterocycles. The van der Waals surface area contributed by atoms with Crippen LogP contribution in [-0.2, 0) is 5.41 Å². The number of rotatable bonds is 4. The van der Waals surface area contributed by atoms with Gasteiger partial charge in [0.2, 0.25) is 0 Å².